The molecule has 158 valence electrons. The molecule has 30 heavy (non-hydrogen) atoms. The number of carbonyl (C=O) groups is 1. The van der Waals surface area contributed by atoms with Gasteiger partial charge < -0.3 is 9.73 Å². The Morgan fingerprint density at radius 1 is 0.867 bits per heavy atom. The zero-order chi connectivity index (χ0) is 21.8. The first-order valence-corrected chi connectivity index (χ1v) is 12.2. The molecule has 1 amide bonds. The van der Waals surface area contributed by atoms with Crippen LogP contribution in [0.4, 0.5) is 0 Å². The average Bonchev–Trinajstić information content (AvgIpc) is 3.14. The van der Waals surface area contributed by atoms with Gasteiger partial charge in [-0.2, -0.15) is 0 Å². The number of nitrogens with one attached hydrogen (secondary N) is 1. The maximum Gasteiger partial charge on any atom is 0.287 e. The van der Waals surface area contributed by atoms with Crippen LogP contribution in [0.25, 0.3) is 0 Å². The lowest BCUT2D eigenvalue weighted by molar-refractivity contribution is 0.0922. The van der Waals surface area contributed by atoms with E-state index in [1.54, 1.807) is 42.5 Å². The number of nitrogens with two attached hydrogens (primary N) is 1. The van der Waals surface area contributed by atoms with E-state index < -0.39 is 25.8 Å². The smallest absolute Gasteiger partial charge is 0.287 e. The summed E-state index contributed by atoms with van der Waals surface area (Å²) in [6.07, 6.45) is 1.27. The molecule has 0 radical (unpaired) electrons. The van der Waals surface area contributed by atoms with E-state index in [-0.39, 0.29) is 34.3 Å². The Kier molecular flexibility index (Phi) is 6.40. The molecule has 3 aromatic rings. The van der Waals surface area contributed by atoms with Crippen LogP contribution in [0.15, 0.2) is 76.2 Å². The molecular formula is C20H20N2O6S2. The Balaban J connectivity index is 1.65. The van der Waals surface area contributed by atoms with Gasteiger partial charge in [0, 0.05) is 12.1 Å². The van der Waals surface area contributed by atoms with Crippen LogP contribution in [0.3, 0.4) is 0 Å². The van der Waals surface area contributed by atoms with Crippen molar-refractivity contribution in [3.63, 3.8) is 0 Å². The molecule has 0 spiro atoms. The molecule has 3 N–H and O–H groups in total. The second kappa shape index (κ2) is 8.82. The molecule has 1 heterocycles. The zero-order valence-corrected chi connectivity index (χ0v) is 17.4. The van der Waals surface area contributed by atoms with E-state index in [0.717, 1.165) is 5.56 Å². The lowest BCUT2D eigenvalue weighted by atomic mass is 10.1. The van der Waals surface area contributed by atoms with E-state index in [1.165, 1.54) is 24.5 Å². The molecule has 0 atom stereocenters. The summed E-state index contributed by atoms with van der Waals surface area (Å²) in [5.41, 5.74) is 1.53. The normalized spacial score (nSPS) is 11.9. The summed E-state index contributed by atoms with van der Waals surface area (Å²) in [4.78, 5) is 12.6. The number of hydrogen-bond donors (Lipinski definition) is 2. The summed E-state index contributed by atoms with van der Waals surface area (Å²) in [5.74, 6) is -1.25. The SMILES string of the molecule is NS(=O)(=O)Cc1ccc(CNC(=O)c2occc2CS(=O)(=O)c2ccccc2)cc1. The molecule has 2 aromatic carbocycles. The molecule has 0 saturated carbocycles. The van der Waals surface area contributed by atoms with E-state index in [4.69, 9.17) is 9.56 Å². The number of primary sulfonamides is 1. The number of furan rings is 1. The molecule has 0 aliphatic heterocycles. The third kappa shape index (κ3) is 5.78. The Morgan fingerprint density at radius 3 is 2.13 bits per heavy atom. The van der Waals surface area contributed by atoms with Gasteiger partial charge in [-0.25, -0.2) is 22.0 Å². The third-order valence-electron chi connectivity index (χ3n) is 4.24. The number of hydrogen-bond acceptors (Lipinski definition) is 6. The van der Waals surface area contributed by atoms with Crippen LogP contribution in [0.5, 0.6) is 0 Å². The van der Waals surface area contributed by atoms with Crippen molar-refractivity contribution in [3.8, 4) is 0 Å². The first kappa shape index (κ1) is 21.8. The Bertz CT molecular complexity index is 1230. The van der Waals surface area contributed by atoms with Crippen molar-refractivity contribution < 1.29 is 26.0 Å². The van der Waals surface area contributed by atoms with Crippen LogP contribution in [-0.2, 0) is 37.9 Å². The first-order chi connectivity index (χ1) is 14.1. The van der Waals surface area contributed by atoms with Gasteiger partial charge in [-0.05, 0) is 29.3 Å². The van der Waals surface area contributed by atoms with Gasteiger partial charge in [0.05, 0.1) is 22.7 Å². The highest BCUT2D eigenvalue weighted by molar-refractivity contribution is 7.90. The highest BCUT2D eigenvalue weighted by atomic mass is 32.2. The quantitative estimate of drug-likeness (QED) is 0.541. The molecule has 10 heteroatoms. The number of carbonyl (C=O) groups excluding carboxylic acids is 1. The largest absolute Gasteiger partial charge is 0.459 e. The monoisotopic (exact) mass is 448 g/mol. The molecule has 0 fully saturated rings. The van der Waals surface area contributed by atoms with Crippen molar-refractivity contribution in [2.75, 3.05) is 0 Å². The van der Waals surface area contributed by atoms with Gasteiger partial charge in [-0.3, -0.25) is 4.79 Å². The predicted octanol–water partition coefficient (Wildman–Crippen LogP) is 1.97. The van der Waals surface area contributed by atoms with Crippen LogP contribution in [0, 0.1) is 0 Å². The van der Waals surface area contributed by atoms with Crippen molar-refractivity contribution >= 4 is 25.8 Å². The van der Waals surface area contributed by atoms with Crippen molar-refractivity contribution in [1.29, 1.82) is 0 Å². The van der Waals surface area contributed by atoms with E-state index in [1.807, 2.05) is 0 Å². The standard InChI is InChI=1S/C20H20N2O6S2/c21-30(26,27)13-16-8-6-15(7-9-16)12-22-20(23)19-17(10-11-28-19)14-29(24,25)18-4-2-1-3-5-18/h1-11H,12-14H2,(H,22,23)(H2,21,26,27). The molecule has 0 bridgehead atoms. The number of benzene rings is 2. The topological polar surface area (TPSA) is 137 Å². The van der Waals surface area contributed by atoms with E-state index >= 15 is 0 Å². The summed E-state index contributed by atoms with van der Waals surface area (Å²) in [6.45, 7) is 0.153. The molecular weight excluding hydrogens is 428 g/mol. The molecule has 0 aliphatic rings. The Morgan fingerprint density at radius 2 is 1.50 bits per heavy atom. The van der Waals surface area contributed by atoms with Gasteiger partial charge >= 0.3 is 0 Å². The maximum atomic E-state index is 12.6. The highest BCUT2D eigenvalue weighted by Gasteiger charge is 2.22. The van der Waals surface area contributed by atoms with Crippen LogP contribution in [0.2, 0.25) is 0 Å². The molecule has 3 rings (SSSR count). The predicted molar refractivity (Wildman–Crippen MR) is 110 cm³/mol. The summed E-state index contributed by atoms with van der Waals surface area (Å²) >= 11 is 0. The molecule has 0 aliphatic carbocycles. The number of sulfone groups is 1. The minimum atomic E-state index is -3.63. The van der Waals surface area contributed by atoms with Gasteiger partial charge in [0.15, 0.2) is 15.6 Å². The van der Waals surface area contributed by atoms with E-state index in [0.29, 0.717) is 5.56 Å². The summed E-state index contributed by atoms with van der Waals surface area (Å²) in [6, 6.07) is 16.0. The van der Waals surface area contributed by atoms with Crippen LogP contribution >= 0.6 is 0 Å². The van der Waals surface area contributed by atoms with Crippen LogP contribution in [-0.4, -0.2) is 22.7 Å². The Labute approximate surface area is 174 Å². The van der Waals surface area contributed by atoms with Gasteiger partial charge in [-0.1, -0.05) is 42.5 Å². The van der Waals surface area contributed by atoms with Gasteiger partial charge in [-0.15, -0.1) is 0 Å². The molecule has 8 nitrogen and oxygen atoms in total. The fraction of sp³-hybridized carbons (Fsp3) is 0.150. The Hall–Kier alpha value is -2.95. The minimum Gasteiger partial charge on any atom is -0.459 e. The third-order valence-corrected chi connectivity index (χ3v) is 6.66. The van der Waals surface area contributed by atoms with Gasteiger partial charge in [0.2, 0.25) is 10.0 Å². The lowest BCUT2D eigenvalue weighted by Gasteiger charge is -2.07. The summed E-state index contributed by atoms with van der Waals surface area (Å²) < 4.78 is 52.6. The van der Waals surface area contributed by atoms with Gasteiger partial charge in [0.1, 0.15) is 0 Å². The van der Waals surface area contributed by atoms with E-state index in [9.17, 15) is 21.6 Å². The van der Waals surface area contributed by atoms with Crippen molar-refractivity contribution in [1.82, 2.24) is 5.32 Å². The van der Waals surface area contributed by atoms with Crippen molar-refractivity contribution in [2.45, 2.75) is 22.9 Å². The van der Waals surface area contributed by atoms with Crippen LogP contribution in [0.1, 0.15) is 27.2 Å². The number of sulfonamides is 1. The summed E-state index contributed by atoms with van der Waals surface area (Å²) in [7, 11) is -7.24. The average molecular weight is 449 g/mol. The maximum absolute atomic E-state index is 12.6. The van der Waals surface area contributed by atoms with Gasteiger partial charge in [0.25, 0.3) is 5.91 Å². The lowest BCUT2D eigenvalue weighted by Crippen LogP contribution is -2.23. The zero-order valence-electron chi connectivity index (χ0n) is 15.8. The summed E-state index contributed by atoms with van der Waals surface area (Å²) in [5, 5.41) is 7.68. The van der Waals surface area contributed by atoms with Crippen molar-refractivity contribution in [3.05, 3.63) is 89.4 Å². The van der Waals surface area contributed by atoms with E-state index in [2.05, 4.69) is 5.32 Å². The highest BCUT2D eigenvalue weighted by Crippen LogP contribution is 2.20. The van der Waals surface area contributed by atoms with Crippen LogP contribution < -0.4 is 10.5 Å². The molecule has 0 unspecified atom stereocenters. The second-order valence-corrected chi connectivity index (χ2v) is 10.3. The second-order valence-electron chi connectivity index (χ2n) is 6.65. The fourth-order valence-electron chi connectivity index (χ4n) is 2.81. The van der Waals surface area contributed by atoms with Crippen molar-refractivity contribution in [2.24, 2.45) is 5.14 Å². The molecule has 1 aromatic heterocycles. The molecule has 0 saturated heterocycles. The number of rotatable bonds is 8. The number of amides is 1. The fourth-order valence-corrected chi connectivity index (χ4v) is 4.85. The first-order valence-electron chi connectivity index (χ1n) is 8.85. The minimum absolute atomic E-state index is 0.0691.